The Balaban J connectivity index is 1.17. The Morgan fingerprint density at radius 3 is 1.86 bits per heavy atom. The zero-order chi connectivity index (χ0) is 30.9. The van der Waals surface area contributed by atoms with E-state index < -0.39 is 11.6 Å². The summed E-state index contributed by atoms with van der Waals surface area (Å²) in [5, 5.41) is 0. The smallest absolute Gasteiger partial charge is 0.166 e. The second-order valence-electron chi connectivity index (χ2n) is 13.5. The van der Waals surface area contributed by atoms with Gasteiger partial charge in [0.05, 0.1) is 0 Å². The summed E-state index contributed by atoms with van der Waals surface area (Å²) < 4.78 is 45.4. The molecule has 0 N–H and O–H groups in total. The molecule has 5 rings (SSSR count). The van der Waals surface area contributed by atoms with Crippen molar-refractivity contribution in [3.8, 4) is 22.3 Å². The van der Waals surface area contributed by atoms with Gasteiger partial charge in [-0.25, -0.2) is 13.2 Å². The van der Waals surface area contributed by atoms with Crippen LogP contribution in [-0.4, -0.2) is 0 Å². The molecule has 0 amide bonds. The molecule has 0 saturated heterocycles. The van der Waals surface area contributed by atoms with Crippen molar-refractivity contribution in [1.82, 2.24) is 0 Å². The highest BCUT2D eigenvalue weighted by Crippen LogP contribution is 2.44. The normalized spacial score (nSPS) is 22.5. The maximum atomic E-state index is 15.4. The molecule has 0 radical (unpaired) electrons. The molecule has 0 nitrogen and oxygen atoms in total. The minimum Gasteiger partial charge on any atom is -0.206 e. The van der Waals surface area contributed by atoms with E-state index in [1.807, 2.05) is 18.2 Å². The number of benzene rings is 3. The lowest BCUT2D eigenvalue weighted by molar-refractivity contribution is 0.171. The molecule has 0 aliphatic heterocycles. The number of hydrogen-bond acceptors (Lipinski definition) is 0. The van der Waals surface area contributed by atoms with Gasteiger partial charge in [0, 0.05) is 11.1 Å². The van der Waals surface area contributed by atoms with E-state index in [0.29, 0.717) is 29.0 Å². The first-order valence-electron chi connectivity index (χ1n) is 17.5. The lowest BCUT2D eigenvalue weighted by Crippen LogP contribution is -2.25. The van der Waals surface area contributed by atoms with Crippen LogP contribution < -0.4 is 0 Å². The highest BCUT2D eigenvalue weighted by Gasteiger charge is 2.31. The van der Waals surface area contributed by atoms with Gasteiger partial charge in [-0.15, -0.1) is 0 Å². The van der Waals surface area contributed by atoms with Gasteiger partial charge in [-0.2, -0.15) is 0 Å². The Hall–Kier alpha value is -2.81. The van der Waals surface area contributed by atoms with Crippen molar-refractivity contribution in [3.63, 3.8) is 0 Å². The molecule has 3 aromatic carbocycles. The molecule has 0 bridgehead atoms. The van der Waals surface area contributed by atoms with Crippen LogP contribution in [0.1, 0.15) is 121 Å². The van der Waals surface area contributed by atoms with Gasteiger partial charge in [0.2, 0.25) is 0 Å². The number of aryl methyl sites for hydroxylation is 1. The Morgan fingerprint density at radius 1 is 0.636 bits per heavy atom. The van der Waals surface area contributed by atoms with Crippen LogP contribution in [0.4, 0.5) is 13.2 Å². The minimum atomic E-state index is -0.798. The molecule has 3 aromatic rings. The van der Waals surface area contributed by atoms with Gasteiger partial charge in [-0.3, -0.25) is 0 Å². The third-order valence-electron chi connectivity index (χ3n) is 10.7. The van der Waals surface area contributed by atoms with E-state index >= 15 is 8.78 Å². The average molecular weight is 601 g/mol. The summed E-state index contributed by atoms with van der Waals surface area (Å²) in [7, 11) is 0. The fourth-order valence-corrected chi connectivity index (χ4v) is 7.95. The van der Waals surface area contributed by atoms with Crippen molar-refractivity contribution in [2.45, 2.75) is 116 Å². The van der Waals surface area contributed by atoms with E-state index in [4.69, 9.17) is 0 Å². The van der Waals surface area contributed by atoms with Crippen LogP contribution in [-0.2, 0) is 6.42 Å². The van der Waals surface area contributed by atoms with Crippen LogP contribution in [0, 0.1) is 35.2 Å². The first kappa shape index (κ1) is 32.6. The molecule has 0 spiro atoms. The Morgan fingerprint density at radius 2 is 1.23 bits per heavy atom. The standard InChI is InChI=1S/C41H51F3/c1-3-5-6-7-8-9-11-35-24-27-38(41(44)40(35)43)34-22-20-33(21-23-34)37-26-25-36(28-39(37)42)32-18-16-31(17-19-32)30-14-12-29(10-4-2)13-15-30/h4,10,20-32H,3,5-9,11-19H2,1-2H3/b10-4+. The van der Waals surface area contributed by atoms with Gasteiger partial charge < -0.3 is 0 Å². The average Bonchev–Trinajstić information content (AvgIpc) is 3.05. The second kappa shape index (κ2) is 16.0. The highest BCUT2D eigenvalue weighted by atomic mass is 19.2. The van der Waals surface area contributed by atoms with Crippen LogP contribution in [0.25, 0.3) is 22.3 Å². The van der Waals surface area contributed by atoms with E-state index in [9.17, 15) is 4.39 Å². The predicted molar refractivity (Wildman–Crippen MR) is 179 cm³/mol. The van der Waals surface area contributed by atoms with Gasteiger partial charge in [-0.05, 0) is 123 Å². The molecule has 0 atom stereocenters. The summed E-state index contributed by atoms with van der Waals surface area (Å²) >= 11 is 0. The maximum Gasteiger partial charge on any atom is 0.166 e. The quantitative estimate of drug-likeness (QED) is 0.143. The van der Waals surface area contributed by atoms with Crippen LogP contribution in [0.15, 0.2) is 66.7 Å². The minimum absolute atomic E-state index is 0.212. The molecule has 2 saturated carbocycles. The van der Waals surface area contributed by atoms with Crippen LogP contribution in [0.3, 0.4) is 0 Å². The summed E-state index contributed by atoms with van der Waals surface area (Å²) in [6.07, 6.45) is 22.0. The fourth-order valence-electron chi connectivity index (χ4n) is 7.95. The van der Waals surface area contributed by atoms with Crippen LogP contribution >= 0.6 is 0 Å². The van der Waals surface area contributed by atoms with Crippen molar-refractivity contribution in [2.75, 3.05) is 0 Å². The molecular formula is C41H51F3. The number of hydrogen-bond donors (Lipinski definition) is 0. The number of unbranched alkanes of at least 4 members (excludes halogenated alkanes) is 5. The molecule has 0 heterocycles. The van der Waals surface area contributed by atoms with Gasteiger partial charge in [0.25, 0.3) is 0 Å². The Kier molecular flexibility index (Phi) is 11.8. The van der Waals surface area contributed by atoms with Gasteiger partial charge in [0.15, 0.2) is 11.6 Å². The van der Waals surface area contributed by atoms with Crippen molar-refractivity contribution in [3.05, 3.63) is 95.3 Å². The van der Waals surface area contributed by atoms with E-state index in [-0.39, 0.29) is 11.4 Å². The molecule has 3 heteroatoms. The molecule has 0 unspecified atom stereocenters. The third-order valence-corrected chi connectivity index (χ3v) is 10.7. The molecule has 236 valence electrons. The first-order valence-corrected chi connectivity index (χ1v) is 17.5. The molecule has 2 fully saturated rings. The van der Waals surface area contributed by atoms with Gasteiger partial charge in [-0.1, -0.05) is 99.7 Å². The Labute approximate surface area is 264 Å². The molecule has 0 aromatic heterocycles. The molecule has 44 heavy (non-hydrogen) atoms. The first-order chi connectivity index (χ1) is 21.5. The van der Waals surface area contributed by atoms with Gasteiger partial charge >= 0.3 is 0 Å². The van der Waals surface area contributed by atoms with E-state index in [1.165, 1.54) is 57.8 Å². The Bertz CT molecular complexity index is 1360. The number of allylic oxidation sites excluding steroid dienone is 2. The topological polar surface area (TPSA) is 0 Å². The maximum absolute atomic E-state index is 15.4. The molecule has 2 aliphatic carbocycles. The second-order valence-corrected chi connectivity index (χ2v) is 13.5. The summed E-state index contributed by atoms with van der Waals surface area (Å²) in [6.45, 7) is 4.31. The highest BCUT2D eigenvalue weighted by molar-refractivity contribution is 5.71. The van der Waals surface area contributed by atoms with E-state index in [0.717, 1.165) is 61.0 Å². The predicted octanol–water partition coefficient (Wildman–Crippen LogP) is 13.0. The lowest BCUT2D eigenvalue weighted by Gasteiger charge is -2.37. The van der Waals surface area contributed by atoms with Crippen LogP contribution in [0.5, 0.6) is 0 Å². The summed E-state index contributed by atoms with van der Waals surface area (Å²) in [5.41, 5.74) is 3.69. The monoisotopic (exact) mass is 600 g/mol. The summed E-state index contributed by atoms with van der Waals surface area (Å²) in [6, 6.07) is 16.3. The molecule has 2 aliphatic rings. The van der Waals surface area contributed by atoms with Gasteiger partial charge in [0.1, 0.15) is 5.82 Å². The van der Waals surface area contributed by atoms with E-state index in [1.54, 1.807) is 30.3 Å². The van der Waals surface area contributed by atoms with Crippen molar-refractivity contribution in [2.24, 2.45) is 17.8 Å². The van der Waals surface area contributed by atoms with Crippen molar-refractivity contribution < 1.29 is 13.2 Å². The number of rotatable bonds is 12. The summed E-state index contributed by atoms with van der Waals surface area (Å²) in [4.78, 5) is 0. The zero-order valence-electron chi connectivity index (χ0n) is 26.9. The van der Waals surface area contributed by atoms with Crippen LogP contribution in [0.2, 0.25) is 0 Å². The molecular weight excluding hydrogens is 549 g/mol. The van der Waals surface area contributed by atoms with Crippen molar-refractivity contribution >= 4 is 0 Å². The largest absolute Gasteiger partial charge is 0.206 e. The van der Waals surface area contributed by atoms with Crippen molar-refractivity contribution in [1.29, 1.82) is 0 Å². The van der Waals surface area contributed by atoms with E-state index in [2.05, 4.69) is 32.1 Å². The third kappa shape index (κ3) is 8.06. The SMILES string of the molecule is C/C=C/C1CCC(C2CCC(c3ccc(-c4ccc(-c5ccc(CCCCCCCC)c(F)c5F)cc4)c(F)c3)CC2)CC1. The number of halogens is 3. The summed E-state index contributed by atoms with van der Waals surface area (Å²) in [5.74, 6) is 1.15. The zero-order valence-corrected chi connectivity index (χ0v) is 26.9. The lowest BCUT2D eigenvalue weighted by atomic mass is 9.68. The fraction of sp³-hybridized carbons (Fsp3) is 0.512.